The summed E-state index contributed by atoms with van der Waals surface area (Å²) in [6, 6.07) is 20.6. The van der Waals surface area contributed by atoms with Crippen molar-refractivity contribution in [1.29, 1.82) is 5.26 Å². The quantitative estimate of drug-likeness (QED) is 0.246. The molecule has 0 bridgehead atoms. The Morgan fingerprint density at radius 3 is 2.63 bits per heavy atom. The first-order valence-electron chi connectivity index (χ1n) is 14.3. The summed E-state index contributed by atoms with van der Waals surface area (Å²) < 4.78 is 35.0. The second-order valence-electron chi connectivity index (χ2n) is 11.0. The fraction of sp³-hybridized carbons (Fsp3) is 0.294. The lowest BCUT2D eigenvalue weighted by Gasteiger charge is -2.25. The van der Waals surface area contributed by atoms with Crippen LogP contribution < -0.4 is 4.74 Å². The lowest BCUT2D eigenvalue weighted by Crippen LogP contribution is -2.36. The molecular weight excluding hydrogens is 560 g/mol. The first-order valence-corrected chi connectivity index (χ1v) is 15.8. The van der Waals surface area contributed by atoms with Crippen LogP contribution in [0.4, 0.5) is 0 Å². The summed E-state index contributed by atoms with van der Waals surface area (Å²) in [4.78, 5) is 21.8. The van der Waals surface area contributed by atoms with E-state index >= 15 is 0 Å². The summed E-state index contributed by atoms with van der Waals surface area (Å²) in [5.41, 5.74) is 5.98. The van der Waals surface area contributed by atoms with E-state index in [1.54, 1.807) is 24.5 Å². The van der Waals surface area contributed by atoms with E-state index in [2.05, 4.69) is 16.0 Å². The number of hydrogen-bond donors (Lipinski definition) is 0. The smallest absolute Gasteiger partial charge is 0.248 e. The zero-order valence-electron chi connectivity index (χ0n) is 24.5. The van der Waals surface area contributed by atoms with Crippen molar-refractivity contribution < 1.29 is 17.9 Å². The van der Waals surface area contributed by atoms with Gasteiger partial charge in [-0.2, -0.15) is 9.57 Å². The fourth-order valence-corrected chi connectivity index (χ4v) is 7.05. The number of pyridine rings is 2. The van der Waals surface area contributed by atoms with Crippen LogP contribution in [0.25, 0.3) is 0 Å². The van der Waals surface area contributed by atoms with Gasteiger partial charge in [0.1, 0.15) is 16.8 Å². The van der Waals surface area contributed by atoms with Gasteiger partial charge in [0.25, 0.3) is 0 Å². The van der Waals surface area contributed by atoms with E-state index in [0.717, 1.165) is 33.4 Å². The summed E-state index contributed by atoms with van der Waals surface area (Å²) in [5.74, 6) is -0.0921. The maximum atomic E-state index is 13.8. The minimum Gasteiger partial charge on any atom is -0.472 e. The molecule has 1 aliphatic heterocycles. The number of ketones is 1. The van der Waals surface area contributed by atoms with Crippen molar-refractivity contribution in [2.45, 2.75) is 63.5 Å². The summed E-state index contributed by atoms with van der Waals surface area (Å²) in [6.45, 7) is 6.22. The molecule has 0 amide bonds. The molecule has 4 aromatic rings. The van der Waals surface area contributed by atoms with Crippen LogP contribution in [0.2, 0.25) is 0 Å². The molecule has 0 aliphatic carbocycles. The van der Waals surface area contributed by atoms with E-state index in [9.17, 15) is 18.5 Å². The normalized spacial score (nSPS) is 16.7. The molecule has 1 aliphatic rings. The topological polar surface area (TPSA) is 113 Å². The lowest BCUT2D eigenvalue weighted by molar-refractivity contribution is -0.118. The number of nitrogens with zero attached hydrogens (tertiary/aromatic N) is 4. The average molecular weight is 595 g/mol. The van der Waals surface area contributed by atoms with E-state index in [4.69, 9.17) is 4.74 Å². The van der Waals surface area contributed by atoms with E-state index in [-0.39, 0.29) is 54.5 Å². The molecule has 0 spiro atoms. The maximum Gasteiger partial charge on any atom is 0.248 e. The van der Waals surface area contributed by atoms with Crippen LogP contribution in [0.1, 0.15) is 64.6 Å². The van der Waals surface area contributed by atoms with Crippen LogP contribution in [0, 0.1) is 25.2 Å². The average Bonchev–Trinajstić information content (AvgIpc) is 3.11. The highest BCUT2D eigenvalue weighted by atomic mass is 32.2. The molecule has 43 heavy (non-hydrogen) atoms. The number of benzene rings is 2. The van der Waals surface area contributed by atoms with Crippen LogP contribution in [0.3, 0.4) is 0 Å². The number of rotatable bonds is 9. The predicted molar refractivity (Wildman–Crippen MR) is 163 cm³/mol. The Morgan fingerprint density at radius 2 is 1.91 bits per heavy atom. The van der Waals surface area contributed by atoms with Crippen molar-refractivity contribution in [3.63, 3.8) is 0 Å². The van der Waals surface area contributed by atoms with Gasteiger partial charge < -0.3 is 4.74 Å². The van der Waals surface area contributed by atoms with Crippen molar-refractivity contribution in [1.82, 2.24) is 14.3 Å². The molecular formula is C34H34N4O4S. The van der Waals surface area contributed by atoms with Gasteiger partial charge in [-0.3, -0.25) is 9.78 Å². The van der Waals surface area contributed by atoms with Crippen LogP contribution in [-0.2, 0) is 27.8 Å². The molecule has 0 saturated carbocycles. The number of ether oxygens (including phenoxy) is 1. The molecule has 9 heteroatoms. The number of sulfonamides is 1. The Morgan fingerprint density at radius 1 is 1.09 bits per heavy atom. The van der Waals surface area contributed by atoms with Gasteiger partial charge in [-0.05, 0) is 84.0 Å². The Kier molecular flexibility index (Phi) is 9.00. The molecule has 3 heterocycles. The molecule has 0 radical (unpaired) electrons. The van der Waals surface area contributed by atoms with Gasteiger partial charge in [0.05, 0.1) is 18.2 Å². The predicted octanol–water partition coefficient (Wildman–Crippen LogP) is 5.66. The minimum atomic E-state index is -3.88. The van der Waals surface area contributed by atoms with Gasteiger partial charge in [0.15, 0.2) is 0 Å². The fourth-order valence-electron chi connectivity index (χ4n) is 5.52. The van der Waals surface area contributed by atoms with Crippen molar-refractivity contribution >= 4 is 15.8 Å². The molecule has 5 rings (SSSR count). The Bertz CT molecular complexity index is 1780. The van der Waals surface area contributed by atoms with Gasteiger partial charge in [-0.1, -0.05) is 37.3 Å². The summed E-state index contributed by atoms with van der Waals surface area (Å²) in [5, 5.41) is 9.42. The Hall–Kier alpha value is -4.39. The largest absolute Gasteiger partial charge is 0.472 e. The minimum absolute atomic E-state index is 0.0611. The number of carbonyl (C=O) groups is 1. The SMILES string of the molecule is CC[C@@H]1CN(Cc2cc([C@H](CC(=O)Cc3cccnc3)c3ccc(C#N)cc3C)ccc2C)S(=O)(=O)c2cccnc2O1. The first-order chi connectivity index (χ1) is 20.7. The zero-order valence-corrected chi connectivity index (χ0v) is 25.3. The number of fused-ring (bicyclic) bond motifs is 1. The number of Topliss-reactive ketones (excluding diaryl/α,β-unsaturated/α-hetero) is 1. The second-order valence-corrected chi connectivity index (χ2v) is 12.9. The molecule has 0 fully saturated rings. The van der Waals surface area contributed by atoms with Gasteiger partial charge in [-0.15, -0.1) is 0 Å². The van der Waals surface area contributed by atoms with Gasteiger partial charge in [-0.25, -0.2) is 13.4 Å². The molecule has 220 valence electrons. The van der Waals surface area contributed by atoms with E-state index in [1.165, 1.54) is 16.6 Å². The summed E-state index contributed by atoms with van der Waals surface area (Å²) in [7, 11) is -3.88. The number of nitriles is 1. The van der Waals surface area contributed by atoms with Crippen LogP contribution in [-0.4, -0.2) is 41.1 Å². The van der Waals surface area contributed by atoms with Crippen molar-refractivity contribution in [3.05, 3.63) is 118 Å². The number of hydrogen-bond acceptors (Lipinski definition) is 7. The third-order valence-electron chi connectivity index (χ3n) is 7.95. The van der Waals surface area contributed by atoms with Gasteiger partial charge in [0.2, 0.25) is 15.9 Å². The van der Waals surface area contributed by atoms with E-state index < -0.39 is 10.0 Å². The Labute approximate surface area is 253 Å². The lowest BCUT2D eigenvalue weighted by atomic mass is 9.82. The monoisotopic (exact) mass is 594 g/mol. The third kappa shape index (κ3) is 6.66. The first kappa shape index (κ1) is 30.1. The van der Waals surface area contributed by atoms with Crippen LogP contribution in [0.15, 0.2) is 84.1 Å². The number of carbonyl (C=O) groups excluding carboxylic acids is 1. The molecule has 2 aromatic carbocycles. The van der Waals surface area contributed by atoms with Crippen molar-refractivity contribution in [2.75, 3.05) is 6.54 Å². The zero-order chi connectivity index (χ0) is 30.6. The van der Waals surface area contributed by atoms with Crippen molar-refractivity contribution in [3.8, 4) is 11.9 Å². The van der Waals surface area contributed by atoms with E-state index in [1.807, 2.05) is 63.2 Å². The third-order valence-corrected chi connectivity index (χ3v) is 9.77. The van der Waals surface area contributed by atoms with Crippen LogP contribution >= 0.6 is 0 Å². The molecule has 2 aromatic heterocycles. The highest BCUT2D eigenvalue weighted by molar-refractivity contribution is 7.89. The second kappa shape index (κ2) is 12.9. The van der Waals surface area contributed by atoms with E-state index in [0.29, 0.717) is 12.0 Å². The number of aromatic nitrogens is 2. The van der Waals surface area contributed by atoms with Gasteiger partial charge >= 0.3 is 0 Å². The molecule has 0 unspecified atom stereocenters. The Balaban J connectivity index is 1.52. The molecule has 0 saturated heterocycles. The molecule has 8 nitrogen and oxygen atoms in total. The molecule has 2 atom stereocenters. The van der Waals surface area contributed by atoms with Crippen LogP contribution in [0.5, 0.6) is 5.88 Å². The maximum absolute atomic E-state index is 13.8. The highest BCUT2D eigenvalue weighted by Gasteiger charge is 2.35. The van der Waals surface area contributed by atoms with Gasteiger partial charge in [0, 0.05) is 43.9 Å². The summed E-state index contributed by atoms with van der Waals surface area (Å²) in [6.07, 6.45) is 5.71. The van der Waals surface area contributed by atoms with Crippen molar-refractivity contribution in [2.24, 2.45) is 0 Å². The number of aryl methyl sites for hydroxylation is 2. The highest BCUT2D eigenvalue weighted by Crippen LogP contribution is 2.35. The standard InChI is InChI=1S/C34H34N4O4S/c1-4-30-22-38(43(40,41)33-8-6-14-37-34(33)42-30)21-28-17-27(11-9-23(28)2)32(31-12-10-25(19-35)15-24(31)3)18-29(39)16-26-7-5-13-36-20-26/h5-15,17,20,30,32H,4,16,18,21-22H2,1-3H3/t30-,32+/m1/s1. The molecule has 0 N–H and O–H groups in total. The summed E-state index contributed by atoms with van der Waals surface area (Å²) >= 11 is 0.